The van der Waals surface area contributed by atoms with E-state index in [1.54, 1.807) is 18.9 Å². The number of amides is 1. The van der Waals surface area contributed by atoms with E-state index in [9.17, 15) is 19.1 Å². The molecule has 4 heterocycles. The predicted octanol–water partition coefficient (Wildman–Crippen LogP) is 2.42. The summed E-state index contributed by atoms with van der Waals surface area (Å²) >= 11 is 1.23. The first-order valence-electron chi connectivity index (χ1n) is 12.7. The predicted molar refractivity (Wildman–Crippen MR) is 144 cm³/mol. The summed E-state index contributed by atoms with van der Waals surface area (Å²) in [6.45, 7) is 2.17. The van der Waals surface area contributed by atoms with E-state index < -0.39 is 23.5 Å². The molecule has 14 heteroatoms. The van der Waals surface area contributed by atoms with Crippen LogP contribution in [-0.4, -0.2) is 81.0 Å². The molecule has 0 bridgehead atoms. The lowest BCUT2D eigenvalue weighted by Crippen LogP contribution is -2.33. The molecule has 0 spiro atoms. The third kappa shape index (κ3) is 5.17. The number of aryl methyl sites for hydroxylation is 1. The molecule has 0 saturated carbocycles. The van der Waals surface area contributed by atoms with E-state index >= 15 is 0 Å². The second-order valence-corrected chi connectivity index (χ2v) is 10.3. The lowest BCUT2D eigenvalue weighted by molar-refractivity contribution is -0.129. The van der Waals surface area contributed by atoms with Gasteiger partial charge in [-0.2, -0.15) is 15.2 Å². The monoisotopic (exact) mass is 572 g/mol. The van der Waals surface area contributed by atoms with E-state index in [4.69, 9.17) is 14.2 Å². The van der Waals surface area contributed by atoms with Crippen molar-refractivity contribution >= 4 is 27.5 Å². The maximum absolute atomic E-state index is 14.2. The molecule has 0 aliphatic carbocycles. The number of halogens is 1. The number of aromatic nitrogens is 5. The summed E-state index contributed by atoms with van der Waals surface area (Å²) in [4.78, 5) is 35.0. The number of hydrogen-bond acceptors (Lipinski definition) is 10. The first kappa shape index (κ1) is 27.7. The Hall–Kier alpha value is -3.88. The van der Waals surface area contributed by atoms with Gasteiger partial charge in [0, 0.05) is 37.9 Å². The van der Waals surface area contributed by atoms with Crippen LogP contribution >= 0.6 is 11.3 Å². The van der Waals surface area contributed by atoms with Crippen molar-refractivity contribution in [2.75, 3.05) is 40.5 Å². The number of nitrogens with zero attached hydrogens (tertiary/aromatic N) is 6. The average Bonchev–Trinajstić information content (AvgIpc) is 3.67. The molecule has 4 aromatic rings. The molecule has 1 aliphatic rings. The Morgan fingerprint density at radius 1 is 1.25 bits per heavy atom. The summed E-state index contributed by atoms with van der Waals surface area (Å²) in [5, 5.41) is 18.6. The van der Waals surface area contributed by atoms with Crippen molar-refractivity contribution in [1.82, 2.24) is 29.4 Å². The van der Waals surface area contributed by atoms with E-state index in [0.717, 1.165) is 0 Å². The molecule has 1 amide bonds. The second kappa shape index (κ2) is 11.7. The minimum Gasteiger partial charge on any atom is -0.496 e. The highest BCUT2D eigenvalue weighted by atomic mass is 32.1. The standard InChI is InChI=1S/C26H29FN6O6S/c1-15-21-22(40-25(15)33-28-8-9-29-33)30-26(32(24(21)36)18-7-10-31(2)23(18)35)39-14-20(38-12-4-11-34)17-13-16(27)5-6-19(17)37-3/h5-6,8-9,13,18,20,34H,4,7,10-12,14H2,1-3H3. The van der Waals surface area contributed by atoms with E-state index in [2.05, 4.69) is 15.2 Å². The molecule has 0 radical (unpaired) electrons. The molecule has 5 rings (SSSR count). The first-order valence-corrected chi connectivity index (χ1v) is 13.5. The zero-order valence-corrected chi connectivity index (χ0v) is 23.1. The Balaban J connectivity index is 1.58. The molecular weight excluding hydrogens is 543 g/mol. The van der Waals surface area contributed by atoms with Crippen molar-refractivity contribution in [3.63, 3.8) is 0 Å². The quantitative estimate of drug-likeness (QED) is 0.269. The van der Waals surface area contributed by atoms with Gasteiger partial charge >= 0.3 is 6.01 Å². The molecular formula is C26H29FN6O6S. The third-order valence-electron chi connectivity index (χ3n) is 6.77. The van der Waals surface area contributed by atoms with Gasteiger partial charge in [0.15, 0.2) is 0 Å². The summed E-state index contributed by atoms with van der Waals surface area (Å²) in [6, 6.07) is 3.19. The van der Waals surface area contributed by atoms with Crippen LogP contribution in [0.5, 0.6) is 11.8 Å². The highest BCUT2D eigenvalue weighted by Gasteiger charge is 2.35. The number of thiophene rings is 1. The molecule has 40 heavy (non-hydrogen) atoms. The molecule has 212 valence electrons. The zero-order valence-electron chi connectivity index (χ0n) is 22.2. The smallest absolute Gasteiger partial charge is 0.301 e. The Morgan fingerprint density at radius 3 is 2.70 bits per heavy atom. The summed E-state index contributed by atoms with van der Waals surface area (Å²) in [5.41, 5.74) is 0.621. The Kier molecular flexibility index (Phi) is 8.09. The number of fused-ring (bicyclic) bond motifs is 1. The van der Waals surface area contributed by atoms with Gasteiger partial charge in [-0.3, -0.25) is 9.59 Å². The molecule has 12 nitrogen and oxygen atoms in total. The van der Waals surface area contributed by atoms with Crippen LogP contribution in [0.4, 0.5) is 4.39 Å². The Morgan fingerprint density at radius 2 is 2.02 bits per heavy atom. The minimum absolute atomic E-state index is 0.0569. The summed E-state index contributed by atoms with van der Waals surface area (Å²) in [7, 11) is 3.14. The molecule has 2 unspecified atom stereocenters. The van der Waals surface area contributed by atoms with Gasteiger partial charge in [0.05, 0.1) is 24.9 Å². The van der Waals surface area contributed by atoms with E-state index in [0.29, 0.717) is 51.5 Å². The summed E-state index contributed by atoms with van der Waals surface area (Å²) in [5.74, 6) is -0.327. The van der Waals surface area contributed by atoms with Gasteiger partial charge < -0.3 is 24.2 Å². The number of aliphatic hydroxyl groups is 1. The van der Waals surface area contributed by atoms with Crippen LogP contribution in [0.25, 0.3) is 15.2 Å². The van der Waals surface area contributed by atoms with Crippen molar-refractivity contribution in [2.45, 2.75) is 31.9 Å². The molecule has 1 saturated heterocycles. The first-order chi connectivity index (χ1) is 19.3. The fourth-order valence-electron chi connectivity index (χ4n) is 4.72. The fraction of sp³-hybridized carbons (Fsp3) is 0.423. The van der Waals surface area contributed by atoms with Crippen LogP contribution in [0, 0.1) is 12.7 Å². The number of ether oxygens (including phenoxy) is 3. The lowest BCUT2D eigenvalue weighted by atomic mass is 10.1. The third-order valence-corrected chi connectivity index (χ3v) is 7.93. The van der Waals surface area contributed by atoms with E-state index in [1.807, 2.05) is 0 Å². The van der Waals surface area contributed by atoms with Crippen molar-refractivity contribution < 1.29 is 28.5 Å². The van der Waals surface area contributed by atoms with Crippen LogP contribution in [0.1, 0.15) is 36.1 Å². The highest BCUT2D eigenvalue weighted by Crippen LogP contribution is 2.34. The number of carbonyl (C=O) groups is 1. The number of carbonyl (C=O) groups excluding carboxylic acids is 1. The van der Waals surface area contributed by atoms with Gasteiger partial charge in [-0.05, 0) is 38.0 Å². The number of rotatable bonds is 11. The number of methoxy groups -OCH3 is 1. The Labute approximate surface area is 232 Å². The van der Waals surface area contributed by atoms with Crippen LogP contribution in [0.3, 0.4) is 0 Å². The topological polar surface area (TPSA) is 134 Å². The SMILES string of the molecule is COc1ccc(F)cc1C(COc1nc2sc(-n3nccn3)c(C)c2c(=O)n1C1CCN(C)C1=O)OCCCO. The molecule has 1 aliphatic heterocycles. The molecule has 1 aromatic carbocycles. The van der Waals surface area contributed by atoms with Crippen molar-refractivity contribution in [3.05, 3.63) is 57.9 Å². The zero-order chi connectivity index (χ0) is 28.4. The molecule has 1 fully saturated rings. The van der Waals surface area contributed by atoms with Gasteiger partial charge in [0.25, 0.3) is 5.56 Å². The van der Waals surface area contributed by atoms with Crippen molar-refractivity contribution in [2.24, 2.45) is 0 Å². The van der Waals surface area contributed by atoms with Crippen LogP contribution in [0.15, 0.2) is 35.4 Å². The largest absolute Gasteiger partial charge is 0.496 e. The van der Waals surface area contributed by atoms with Crippen molar-refractivity contribution in [1.29, 1.82) is 0 Å². The lowest BCUT2D eigenvalue weighted by Gasteiger charge is -2.23. The molecule has 1 N–H and O–H groups in total. The van der Waals surface area contributed by atoms with E-state index in [1.165, 1.54) is 58.4 Å². The highest BCUT2D eigenvalue weighted by molar-refractivity contribution is 7.21. The van der Waals surface area contributed by atoms with Gasteiger partial charge in [0.2, 0.25) is 5.91 Å². The maximum Gasteiger partial charge on any atom is 0.301 e. The fourth-order valence-corrected chi connectivity index (χ4v) is 5.80. The second-order valence-electron chi connectivity index (χ2n) is 9.30. The number of benzene rings is 1. The van der Waals surface area contributed by atoms with Crippen molar-refractivity contribution in [3.8, 4) is 16.8 Å². The number of likely N-dealkylation sites (tertiary alicyclic amines) is 1. The number of hydrogen-bond donors (Lipinski definition) is 1. The summed E-state index contributed by atoms with van der Waals surface area (Å²) in [6.07, 6.45) is 3.01. The Bertz CT molecular complexity index is 1570. The normalized spacial score (nSPS) is 16.2. The van der Waals surface area contributed by atoms with Crippen LogP contribution in [-0.2, 0) is 9.53 Å². The van der Waals surface area contributed by atoms with E-state index in [-0.39, 0.29) is 31.7 Å². The van der Waals surface area contributed by atoms with Crippen LogP contribution < -0.4 is 15.0 Å². The minimum atomic E-state index is -0.825. The summed E-state index contributed by atoms with van der Waals surface area (Å²) < 4.78 is 33.0. The number of aliphatic hydroxyl groups excluding tert-OH is 1. The van der Waals surface area contributed by atoms with Crippen LogP contribution in [0.2, 0.25) is 0 Å². The molecule has 3 aromatic heterocycles. The van der Waals surface area contributed by atoms with Gasteiger partial charge in [0.1, 0.15) is 40.2 Å². The molecule has 2 atom stereocenters. The average molecular weight is 573 g/mol. The maximum atomic E-state index is 14.2. The number of likely N-dealkylation sites (N-methyl/N-ethyl adjacent to an activating group) is 1. The van der Waals surface area contributed by atoms with Gasteiger partial charge in [-0.1, -0.05) is 11.3 Å². The van der Waals surface area contributed by atoms with Gasteiger partial charge in [-0.15, -0.1) is 4.80 Å². The van der Waals surface area contributed by atoms with Gasteiger partial charge in [-0.25, -0.2) is 8.96 Å².